The molecule has 35 heavy (non-hydrogen) atoms. The average molecular weight is 474 g/mol. The molecule has 8 heteroatoms. The summed E-state index contributed by atoms with van der Waals surface area (Å²) in [7, 11) is 1.68. The van der Waals surface area contributed by atoms with Crippen LogP contribution in [0.5, 0.6) is 17.4 Å². The van der Waals surface area contributed by atoms with E-state index in [0.29, 0.717) is 24.0 Å². The first kappa shape index (κ1) is 23.0. The number of para-hydroxylation sites is 1. The normalized spacial score (nSPS) is 18.3. The minimum Gasteiger partial charge on any atom is -0.497 e. The molecule has 1 aromatic heterocycles. The highest BCUT2D eigenvalue weighted by atomic mass is 16.5. The second kappa shape index (κ2) is 10.6. The number of carbonyl (C=O) groups is 1. The molecule has 182 valence electrons. The van der Waals surface area contributed by atoms with E-state index < -0.39 is 0 Å². The van der Waals surface area contributed by atoms with Crippen molar-refractivity contribution in [3.05, 3.63) is 67.0 Å². The highest BCUT2D eigenvalue weighted by Crippen LogP contribution is 2.31. The number of hydrogen-bond donors (Lipinski definition) is 0. The molecule has 0 bridgehead atoms. The van der Waals surface area contributed by atoms with Crippen molar-refractivity contribution >= 4 is 17.4 Å². The van der Waals surface area contributed by atoms with Crippen molar-refractivity contribution in [1.29, 1.82) is 0 Å². The van der Waals surface area contributed by atoms with Crippen LogP contribution in [0.1, 0.15) is 12.8 Å². The molecule has 0 saturated carbocycles. The first-order chi connectivity index (χ1) is 17.2. The number of aromatic nitrogens is 2. The van der Waals surface area contributed by atoms with Crippen molar-refractivity contribution in [3.63, 3.8) is 0 Å². The molecular formula is C27H31N5O3. The topological polar surface area (TPSA) is 71.0 Å². The van der Waals surface area contributed by atoms with E-state index in [2.05, 4.69) is 25.8 Å². The Morgan fingerprint density at radius 3 is 2.46 bits per heavy atom. The van der Waals surface area contributed by atoms with Gasteiger partial charge in [0.25, 0.3) is 5.88 Å². The average Bonchev–Trinajstić information content (AvgIpc) is 2.94. The maximum atomic E-state index is 13.4. The highest BCUT2D eigenvalue weighted by molar-refractivity contribution is 5.80. The van der Waals surface area contributed by atoms with Crippen molar-refractivity contribution < 1.29 is 14.3 Å². The summed E-state index contributed by atoms with van der Waals surface area (Å²) in [6, 6.07) is 17.7. The first-order valence-corrected chi connectivity index (χ1v) is 12.2. The number of ether oxygens (including phenoxy) is 2. The van der Waals surface area contributed by atoms with Gasteiger partial charge in [0.1, 0.15) is 11.5 Å². The van der Waals surface area contributed by atoms with E-state index >= 15 is 0 Å². The fraction of sp³-hybridized carbons (Fsp3) is 0.370. The molecule has 3 aromatic rings. The largest absolute Gasteiger partial charge is 0.497 e. The fourth-order valence-electron chi connectivity index (χ4n) is 4.83. The Hall–Kier alpha value is -3.81. The molecule has 2 aromatic carbocycles. The molecule has 2 aliphatic rings. The van der Waals surface area contributed by atoms with E-state index in [1.807, 2.05) is 53.4 Å². The number of hydrogen-bond acceptors (Lipinski definition) is 7. The minimum atomic E-state index is -0.0568. The van der Waals surface area contributed by atoms with Crippen LogP contribution in [0, 0.1) is 5.92 Å². The van der Waals surface area contributed by atoms with E-state index in [-0.39, 0.29) is 11.8 Å². The van der Waals surface area contributed by atoms with Gasteiger partial charge in [0.2, 0.25) is 5.91 Å². The quantitative estimate of drug-likeness (QED) is 0.539. The lowest BCUT2D eigenvalue weighted by atomic mass is 9.96. The molecule has 0 radical (unpaired) electrons. The second-order valence-electron chi connectivity index (χ2n) is 8.90. The molecule has 3 heterocycles. The number of amides is 1. The highest BCUT2D eigenvalue weighted by Gasteiger charge is 2.32. The molecule has 0 N–H and O–H groups in total. The van der Waals surface area contributed by atoms with Crippen molar-refractivity contribution in [1.82, 2.24) is 14.9 Å². The molecular weight excluding hydrogens is 442 g/mol. The van der Waals surface area contributed by atoms with Gasteiger partial charge in [0.15, 0.2) is 5.82 Å². The molecule has 2 fully saturated rings. The molecule has 1 atom stereocenters. The van der Waals surface area contributed by atoms with Gasteiger partial charge in [-0.25, -0.2) is 9.97 Å². The Morgan fingerprint density at radius 2 is 1.66 bits per heavy atom. The summed E-state index contributed by atoms with van der Waals surface area (Å²) in [4.78, 5) is 28.9. The maximum Gasteiger partial charge on any atom is 0.263 e. The molecule has 2 saturated heterocycles. The Balaban J connectivity index is 1.22. The summed E-state index contributed by atoms with van der Waals surface area (Å²) in [5, 5.41) is 0. The first-order valence-electron chi connectivity index (χ1n) is 12.2. The number of benzene rings is 2. The van der Waals surface area contributed by atoms with Gasteiger partial charge in [-0.15, -0.1) is 0 Å². The third-order valence-corrected chi connectivity index (χ3v) is 6.68. The number of anilines is 2. The predicted octanol–water partition coefficient (Wildman–Crippen LogP) is 3.84. The fourth-order valence-corrected chi connectivity index (χ4v) is 4.83. The van der Waals surface area contributed by atoms with E-state index in [1.54, 1.807) is 19.5 Å². The van der Waals surface area contributed by atoms with Gasteiger partial charge in [-0.05, 0) is 37.1 Å². The maximum absolute atomic E-state index is 13.4. The zero-order valence-electron chi connectivity index (χ0n) is 20.0. The zero-order chi connectivity index (χ0) is 24.0. The lowest BCUT2D eigenvalue weighted by Crippen LogP contribution is -2.52. The van der Waals surface area contributed by atoms with E-state index in [9.17, 15) is 4.79 Å². The second-order valence-corrected chi connectivity index (χ2v) is 8.90. The standard InChI is InChI=1S/C27H31N5O3/c1-34-24-11-5-8-22(19-24)30-15-17-31(18-16-30)27(33)21-7-6-14-32(20-21)25-26(29-13-12-28-25)35-23-9-3-2-4-10-23/h2-5,8-13,19,21H,6-7,14-18,20H2,1H3. The Labute approximate surface area is 206 Å². The predicted molar refractivity (Wildman–Crippen MR) is 135 cm³/mol. The molecule has 1 unspecified atom stereocenters. The number of rotatable bonds is 6. The van der Waals surface area contributed by atoms with E-state index in [1.165, 1.54) is 0 Å². The molecule has 8 nitrogen and oxygen atoms in total. The van der Waals surface area contributed by atoms with Crippen molar-refractivity contribution in [2.45, 2.75) is 12.8 Å². The minimum absolute atomic E-state index is 0.0568. The SMILES string of the molecule is COc1cccc(N2CCN(C(=O)C3CCCN(c4nccnc4Oc4ccccc4)C3)CC2)c1. The molecule has 2 aliphatic heterocycles. The van der Waals surface area contributed by atoms with Gasteiger partial charge in [-0.2, -0.15) is 0 Å². The van der Waals surface area contributed by atoms with Crippen LogP contribution in [0.25, 0.3) is 0 Å². The van der Waals surface area contributed by atoms with Crippen molar-refractivity contribution in [2.24, 2.45) is 5.92 Å². The third-order valence-electron chi connectivity index (χ3n) is 6.68. The van der Waals surface area contributed by atoms with Gasteiger partial charge < -0.3 is 24.2 Å². The van der Waals surface area contributed by atoms with Crippen LogP contribution in [-0.4, -0.2) is 67.2 Å². The lowest BCUT2D eigenvalue weighted by Gasteiger charge is -2.40. The van der Waals surface area contributed by atoms with Gasteiger partial charge >= 0.3 is 0 Å². The van der Waals surface area contributed by atoms with Crippen LogP contribution in [0.3, 0.4) is 0 Å². The van der Waals surface area contributed by atoms with E-state index in [0.717, 1.165) is 57.0 Å². The van der Waals surface area contributed by atoms with Crippen LogP contribution in [0.2, 0.25) is 0 Å². The number of nitrogens with zero attached hydrogens (tertiary/aromatic N) is 5. The number of carbonyl (C=O) groups excluding carboxylic acids is 1. The van der Waals surface area contributed by atoms with Crippen LogP contribution in [0.4, 0.5) is 11.5 Å². The van der Waals surface area contributed by atoms with E-state index in [4.69, 9.17) is 9.47 Å². The number of methoxy groups -OCH3 is 1. The summed E-state index contributed by atoms with van der Waals surface area (Å²) in [5.74, 6) is 2.90. The van der Waals surface area contributed by atoms with Crippen molar-refractivity contribution in [2.75, 3.05) is 56.2 Å². The third kappa shape index (κ3) is 5.31. The summed E-state index contributed by atoms with van der Waals surface area (Å²) in [6.45, 7) is 4.53. The summed E-state index contributed by atoms with van der Waals surface area (Å²) in [6.07, 6.45) is 5.13. The molecule has 0 spiro atoms. The number of piperidine rings is 1. The summed E-state index contributed by atoms with van der Waals surface area (Å²) < 4.78 is 11.4. The lowest BCUT2D eigenvalue weighted by molar-refractivity contribution is -0.136. The molecule has 5 rings (SSSR count). The van der Waals surface area contributed by atoms with Crippen LogP contribution >= 0.6 is 0 Å². The van der Waals surface area contributed by atoms with Gasteiger partial charge in [0, 0.05) is 63.4 Å². The summed E-state index contributed by atoms with van der Waals surface area (Å²) in [5.41, 5.74) is 1.13. The van der Waals surface area contributed by atoms with Crippen molar-refractivity contribution in [3.8, 4) is 17.4 Å². The van der Waals surface area contributed by atoms with Gasteiger partial charge in [0.05, 0.1) is 13.0 Å². The Kier molecular flexibility index (Phi) is 6.97. The number of piperazine rings is 1. The summed E-state index contributed by atoms with van der Waals surface area (Å²) >= 11 is 0. The van der Waals surface area contributed by atoms with Crippen LogP contribution < -0.4 is 19.3 Å². The van der Waals surface area contributed by atoms with Crippen LogP contribution in [0.15, 0.2) is 67.0 Å². The zero-order valence-corrected chi connectivity index (χ0v) is 20.0. The van der Waals surface area contributed by atoms with Crippen LogP contribution in [-0.2, 0) is 4.79 Å². The van der Waals surface area contributed by atoms with Gasteiger partial charge in [-0.1, -0.05) is 24.3 Å². The monoisotopic (exact) mass is 473 g/mol. The molecule has 0 aliphatic carbocycles. The Bertz CT molecular complexity index is 1130. The Morgan fingerprint density at radius 1 is 0.886 bits per heavy atom. The van der Waals surface area contributed by atoms with Gasteiger partial charge in [-0.3, -0.25) is 4.79 Å². The molecule has 1 amide bonds. The smallest absolute Gasteiger partial charge is 0.263 e.